The highest BCUT2D eigenvalue weighted by molar-refractivity contribution is 5.17. The van der Waals surface area contributed by atoms with E-state index >= 15 is 0 Å². The Morgan fingerprint density at radius 2 is 1.75 bits per heavy atom. The summed E-state index contributed by atoms with van der Waals surface area (Å²) in [6.07, 6.45) is 18.3. The molecule has 0 aromatic rings. The molecule has 3 fully saturated rings. The number of rotatable bonds is 5. The first-order chi connectivity index (χ1) is 13.3. The van der Waals surface area contributed by atoms with Gasteiger partial charge >= 0.3 is 0 Å². The second-order valence-electron chi connectivity index (χ2n) is 12.2. The van der Waals surface area contributed by atoms with Crippen molar-refractivity contribution < 1.29 is 5.11 Å². The second kappa shape index (κ2) is 7.75. The molecule has 0 bridgehead atoms. The molecule has 0 aromatic heterocycles. The molecule has 3 saturated carbocycles. The summed E-state index contributed by atoms with van der Waals surface area (Å²) in [5, 5.41) is 10.2. The molecule has 0 aliphatic heterocycles. The Kier molecular flexibility index (Phi) is 5.80. The molecule has 160 valence electrons. The van der Waals surface area contributed by atoms with Gasteiger partial charge < -0.3 is 5.11 Å². The van der Waals surface area contributed by atoms with Crippen LogP contribution < -0.4 is 0 Å². The molecule has 9 atom stereocenters. The van der Waals surface area contributed by atoms with Gasteiger partial charge in [0.2, 0.25) is 0 Å². The van der Waals surface area contributed by atoms with E-state index in [1.165, 1.54) is 57.8 Å². The van der Waals surface area contributed by atoms with Gasteiger partial charge in [0.05, 0.1) is 6.10 Å². The van der Waals surface area contributed by atoms with Crippen LogP contribution in [0.15, 0.2) is 12.2 Å². The Morgan fingerprint density at radius 1 is 0.964 bits per heavy atom. The molecule has 1 nitrogen and oxygen atoms in total. The summed E-state index contributed by atoms with van der Waals surface area (Å²) in [7, 11) is 0. The van der Waals surface area contributed by atoms with Gasteiger partial charge in [0.1, 0.15) is 0 Å². The maximum absolute atomic E-state index is 10.2. The molecular weight excluding hydrogens is 340 g/mol. The first kappa shape index (κ1) is 21.0. The van der Waals surface area contributed by atoms with E-state index in [0.29, 0.717) is 16.7 Å². The van der Waals surface area contributed by atoms with E-state index in [9.17, 15) is 5.11 Å². The van der Waals surface area contributed by atoms with Gasteiger partial charge in [-0.15, -0.1) is 0 Å². The summed E-state index contributed by atoms with van der Waals surface area (Å²) >= 11 is 0. The first-order valence-corrected chi connectivity index (χ1v) is 12.6. The SMILES string of the molecule is CC(C)CCC[C@@H](C)[C@H]1CC[C@H]2[C@@H]3CC[C@@H]4C[C@@H](O)C=C[C@]4(C)[C@H]3CC[C@]12C. The second-order valence-corrected chi connectivity index (χ2v) is 12.2. The number of hydrogen-bond acceptors (Lipinski definition) is 1. The Morgan fingerprint density at radius 3 is 2.50 bits per heavy atom. The summed E-state index contributed by atoms with van der Waals surface area (Å²) in [5.74, 6) is 6.19. The average molecular weight is 387 g/mol. The fourth-order valence-corrected chi connectivity index (χ4v) is 8.81. The average Bonchev–Trinajstić information content (AvgIpc) is 2.99. The van der Waals surface area contributed by atoms with Crippen LogP contribution in [0.4, 0.5) is 0 Å². The molecule has 28 heavy (non-hydrogen) atoms. The van der Waals surface area contributed by atoms with Gasteiger partial charge in [0, 0.05) is 0 Å². The number of aliphatic hydroxyl groups is 1. The highest BCUT2D eigenvalue weighted by Crippen LogP contribution is 2.67. The summed E-state index contributed by atoms with van der Waals surface area (Å²) in [5.41, 5.74) is 0.948. The zero-order valence-electron chi connectivity index (χ0n) is 19.3. The van der Waals surface area contributed by atoms with E-state index in [1.807, 2.05) is 0 Å². The zero-order valence-corrected chi connectivity index (χ0v) is 19.3. The fourth-order valence-electron chi connectivity index (χ4n) is 8.81. The van der Waals surface area contributed by atoms with Gasteiger partial charge in [0.15, 0.2) is 0 Å². The molecule has 4 aliphatic rings. The maximum Gasteiger partial charge on any atom is 0.0724 e. The van der Waals surface area contributed by atoms with Crippen molar-refractivity contribution in [2.45, 2.75) is 105 Å². The Hall–Kier alpha value is -0.300. The van der Waals surface area contributed by atoms with Crippen LogP contribution in [0.5, 0.6) is 0 Å². The smallest absolute Gasteiger partial charge is 0.0724 e. The van der Waals surface area contributed by atoms with E-state index in [2.05, 4.69) is 46.8 Å². The minimum absolute atomic E-state index is 0.189. The summed E-state index contributed by atoms with van der Waals surface area (Å²) in [6.45, 7) is 12.6. The lowest BCUT2D eigenvalue weighted by Gasteiger charge is -2.59. The number of allylic oxidation sites excluding steroid dienone is 1. The lowest BCUT2D eigenvalue weighted by molar-refractivity contribution is -0.0907. The number of hydrogen-bond donors (Lipinski definition) is 1. The van der Waals surface area contributed by atoms with Gasteiger partial charge in [-0.05, 0) is 97.2 Å². The van der Waals surface area contributed by atoms with E-state index in [0.717, 1.165) is 41.9 Å². The Bertz CT molecular complexity index is 579. The molecule has 0 aromatic carbocycles. The third-order valence-corrected chi connectivity index (χ3v) is 10.4. The van der Waals surface area contributed by atoms with Crippen molar-refractivity contribution in [1.29, 1.82) is 0 Å². The van der Waals surface area contributed by atoms with Crippen LogP contribution in [0.1, 0.15) is 98.8 Å². The predicted octanol–water partition coefficient (Wildman–Crippen LogP) is 7.24. The minimum atomic E-state index is -0.189. The molecule has 0 saturated heterocycles. The van der Waals surface area contributed by atoms with E-state index in [-0.39, 0.29) is 6.10 Å². The third-order valence-electron chi connectivity index (χ3n) is 10.4. The highest BCUT2D eigenvalue weighted by Gasteiger charge is 2.59. The molecule has 0 radical (unpaired) electrons. The summed E-state index contributed by atoms with van der Waals surface area (Å²) in [6, 6.07) is 0. The normalized spacial score (nSPS) is 48.8. The van der Waals surface area contributed by atoms with Crippen LogP contribution in [0, 0.1) is 52.3 Å². The van der Waals surface area contributed by atoms with Gasteiger partial charge in [0.25, 0.3) is 0 Å². The third kappa shape index (κ3) is 3.42. The van der Waals surface area contributed by atoms with Crippen LogP contribution in [0.25, 0.3) is 0 Å². The Balaban J connectivity index is 1.48. The molecule has 0 spiro atoms. The fraction of sp³-hybridized carbons (Fsp3) is 0.926. The maximum atomic E-state index is 10.2. The minimum Gasteiger partial charge on any atom is -0.389 e. The zero-order chi connectivity index (χ0) is 20.1. The van der Waals surface area contributed by atoms with Crippen molar-refractivity contribution in [2.75, 3.05) is 0 Å². The molecule has 0 heterocycles. The van der Waals surface area contributed by atoms with Crippen LogP contribution in [0.2, 0.25) is 0 Å². The predicted molar refractivity (Wildman–Crippen MR) is 119 cm³/mol. The van der Waals surface area contributed by atoms with E-state index < -0.39 is 0 Å². The standard InChI is InChI=1S/C27H46O/c1-18(2)7-6-8-19(3)23-11-12-24-22-10-9-20-17-21(28)13-15-26(20,4)25(22)14-16-27(23,24)5/h13,15,18-25,28H,6-12,14,16-17H2,1-5H3/t19-,20-,21+,22+,23-,24+,25+,26+,27-/m1/s1. The monoisotopic (exact) mass is 386 g/mol. The molecule has 4 aliphatic carbocycles. The lowest BCUT2D eigenvalue weighted by atomic mass is 9.45. The Labute approximate surface area is 174 Å². The van der Waals surface area contributed by atoms with Gasteiger partial charge in [-0.3, -0.25) is 0 Å². The van der Waals surface area contributed by atoms with Crippen LogP contribution in [0.3, 0.4) is 0 Å². The molecule has 1 heteroatoms. The van der Waals surface area contributed by atoms with E-state index in [1.54, 1.807) is 0 Å². The van der Waals surface area contributed by atoms with Crippen molar-refractivity contribution in [2.24, 2.45) is 52.3 Å². The first-order valence-electron chi connectivity index (χ1n) is 12.6. The number of aliphatic hydroxyl groups excluding tert-OH is 1. The van der Waals surface area contributed by atoms with Crippen molar-refractivity contribution in [3.8, 4) is 0 Å². The molecule has 0 amide bonds. The quantitative estimate of drug-likeness (QED) is 0.493. The molecule has 0 unspecified atom stereocenters. The van der Waals surface area contributed by atoms with E-state index in [4.69, 9.17) is 0 Å². The van der Waals surface area contributed by atoms with Crippen molar-refractivity contribution >= 4 is 0 Å². The molecule has 1 N–H and O–H groups in total. The number of fused-ring (bicyclic) bond motifs is 5. The van der Waals surface area contributed by atoms with Crippen LogP contribution in [-0.4, -0.2) is 11.2 Å². The van der Waals surface area contributed by atoms with Gasteiger partial charge in [-0.25, -0.2) is 0 Å². The molecule has 4 rings (SSSR count). The summed E-state index contributed by atoms with van der Waals surface area (Å²) < 4.78 is 0. The highest BCUT2D eigenvalue weighted by atomic mass is 16.3. The van der Waals surface area contributed by atoms with Gasteiger partial charge in [-0.2, -0.15) is 0 Å². The molecular formula is C27H46O. The van der Waals surface area contributed by atoms with Crippen LogP contribution >= 0.6 is 0 Å². The van der Waals surface area contributed by atoms with Gasteiger partial charge in [-0.1, -0.05) is 66.0 Å². The van der Waals surface area contributed by atoms with Crippen molar-refractivity contribution in [1.82, 2.24) is 0 Å². The summed E-state index contributed by atoms with van der Waals surface area (Å²) in [4.78, 5) is 0. The van der Waals surface area contributed by atoms with Crippen molar-refractivity contribution in [3.05, 3.63) is 12.2 Å². The largest absolute Gasteiger partial charge is 0.389 e. The van der Waals surface area contributed by atoms with Crippen molar-refractivity contribution in [3.63, 3.8) is 0 Å². The van der Waals surface area contributed by atoms with Crippen LogP contribution in [-0.2, 0) is 0 Å². The topological polar surface area (TPSA) is 20.2 Å². The lowest BCUT2D eigenvalue weighted by Crippen LogP contribution is -2.52.